The Morgan fingerprint density at radius 1 is 0.583 bits per heavy atom. The van der Waals surface area contributed by atoms with E-state index in [0.29, 0.717) is 24.1 Å². The number of aromatic amines is 2. The molecule has 4 saturated heterocycles. The first-order valence-corrected chi connectivity index (χ1v) is 28.6. The van der Waals surface area contributed by atoms with Crippen molar-refractivity contribution in [3.8, 4) is 11.5 Å². The van der Waals surface area contributed by atoms with Gasteiger partial charge in [-0.2, -0.15) is 0 Å². The minimum Gasteiger partial charge on any atom is -1.00 e. The second-order valence-electron chi connectivity index (χ2n) is 22.7. The molecule has 2 aromatic carbocycles. The number of para-hydroxylation sites is 4. The van der Waals surface area contributed by atoms with E-state index in [-0.39, 0.29) is 31.0 Å². The Kier molecular flexibility index (Phi) is 18.5. The maximum atomic E-state index is 9.80. The van der Waals surface area contributed by atoms with Crippen LogP contribution in [0.1, 0.15) is 172 Å². The number of aromatic nitrogens is 6. The van der Waals surface area contributed by atoms with Crippen LogP contribution in [0, 0.1) is 23.7 Å². The number of aldehydes is 1. The minimum absolute atomic E-state index is 0. The van der Waals surface area contributed by atoms with Crippen molar-refractivity contribution in [1.29, 1.82) is 0 Å². The quantitative estimate of drug-likeness (QED) is 0.0701. The van der Waals surface area contributed by atoms with Crippen LogP contribution < -0.4 is 40.6 Å². The number of nitrogens with one attached hydrogen (secondary N) is 3. The first-order valence-electron chi connectivity index (χ1n) is 27.6. The molecule has 8 aliphatic rings. The summed E-state index contributed by atoms with van der Waals surface area (Å²) in [6, 6.07) is 22.9. The van der Waals surface area contributed by atoms with Crippen LogP contribution in [0.2, 0.25) is 0 Å². The van der Waals surface area contributed by atoms with Crippen molar-refractivity contribution in [3.63, 3.8) is 0 Å². The number of carbonyl (C=O) groups excluding carboxylic acids is 1. The number of piperidine rings is 4. The van der Waals surface area contributed by atoms with E-state index in [1.165, 1.54) is 172 Å². The summed E-state index contributed by atoms with van der Waals surface area (Å²) in [5, 5.41) is 3.80. The number of benzene rings is 2. The van der Waals surface area contributed by atoms with Gasteiger partial charge in [0.1, 0.15) is 5.69 Å². The molecular weight excluding hydrogens is 932 g/mol. The summed E-state index contributed by atoms with van der Waals surface area (Å²) in [7, 11) is -3.11. The number of H-pyrrole nitrogens is 2. The van der Waals surface area contributed by atoms with Gasteiger partial charge in [0.15, 0.2) is 12.1 Å². The van der Waals surface area contributed by atoms with Crippen molar-refractivity contribution < 1.29 is 48.4 Å². The van der Waals surface area contributed by atoms with Crippen LogP contribution in [0.3, 0.4) is 0 Å². The van der Waals surface area contributed by atoms with Crippen LogP contribution in [0.4, 0.5) is 11.4 Å². The number of nitrogens with two attached hydrogens (primary N) is 1. The number of hydrogen-bond donors (Lipinski definition) is 4. The van der Waals surface area contributed by atoms with Crippen LogP contribution in [0.25, 0.3) is 22.6 Å². The molecule has 4 aliphatic carbocycles. The predicted octanol–water partition coefficient (Wildman–Crippen LogP) is 8.10. The number of fused-ring (bicyclic) bond motifs is 9. The number of imidazole rings is 3. The van der Waals surface area contributed by atoms with Crippen LogP contribution in [0.5, 0.6) is 0 Å². The fraction of sp³-hybridized carbons (Fsp3) is 0.643. The van der Waals surface area contributed by atoms with E-state index in [0.717, 1.165) is 88.3 Å². The van der Waals surface area contributed by atoms with E-state index in [9.17, 15) is 4.79 Å². The molecule has 72 heavy (non-hydrogen) atoms. The molecule has 7 heterocycles. The third-order valence-electron chi connectivity index (χ3n) is 18.3. The molecule has 384 valence electrons. The average Bonchev–Trinajstić information content (AvgIpc) is 4.14. The molecule has 5 aromatic rings. The number of carbonyl (C=O) groups is 1. The van der Waals surface area contributed by atoms with Crippen LogP contribution >= 0.6 is 0 Å². The van der Waals surface area contributed by atoms with Gasteiger partial charge in [-0.25, -0.2) is 15.0 Å². The van der Waals surface area contributed by atoms with Gasteiger partial charge in [0.05, 0.1) is 53.2 Å². The first kappa shape index (κ1) is 53.0. The molecule has 12 atom stereocenters. The summed E-state index contributed by atoms with van der Waals surface area (Å²) in [4.78, 5) is 34.8. The average molecular weight is 1010 g/mol. The third-order valence-corrected chi connectivity index (χ3v) is 18.3. The molecule has 0 amide bonds. The standard InChI is InChI=1S/C28H37N5.C24H37N3.C4H4N2O.Na.O3S.H/c1-2-7-20-12-19(6-1)13-23(14-20)32-21-8-5-9-22(32)16-24(15-21)33-27-11-4-3-10-25(27)31-28(33)26-17-29-18-30-26;25-23-10-3-4-11-24(23)26-19-15-20-8-5-9-21(16-19)27(20)22-13-17-6-1-2-7-18(12-17)14-22;7-2-4-1-5-3-6-4;;1-4(2)3;/h3-4,10-11,17-24H,1-2,5-9,12-16H2,(H,29,30);3-4,10-11,17-22,26H,1-2,5-9,12-16,25H2;1-3H,(H,5,6);;;/q;;;+1;;-1/t19-,20+,21-,22+,23?,24?;17-,18+,19?,20-,21+,22?;;;;. The summed E-state index contributed by atoms with van der Waals surface area (Å²) < 4.78 is 27.9. The van der Waals surface area contributed by atoms with E-state index in [2.05, 4.69) is 76.0 Å². The Labute approximate surface area is 452 Å². The molecular formula is C56H79N10NaO4S. The Morgan fingerprint density at radius 2 is 1.08 bits per heavy atom. The summed E-state index contributed by atoms with van der Waals surface area (Å²) >= 11 is 0. The van der Waals surface area contributed by atoms with Crippen LogP contribution in [0.15, 0.2) is 73.6 Å². The summed E-state index contributed by atoms with van der Waals surface area (Å²) in [6.45, 7) is 0. The monoisotopic (exact) mass is 1010 g/mol. The molecule has 3 aromatic heterocycles. The van der Waals surface area contributed by atoms with E-state index in [1.54, 1.807) is 6.33 Å². The van der Waals surface area contributed by atoms with Gasteiger partial charge < -0.3 is 27.0 Å². The zero-order valence-electron chi connectivity index (χ0n) is 43.7. The normalized spacial score (nSPS) is 32.0. The molecule has 0 radical (unpaired) electrons. The summed E-state index contributed by atoms with van der Waals surface area (Å²) in [5.74, 6) is 5.11. The molecule has 13 rings (SSSR count). The van der Waals surface area contributed by atoms with Crippen molar-refractivity contribution in [3.05, 3.63) is 79.3 Å². The first-order chi connectivity index (χ1) is 34.8. The van der Waals surface area contributed by atoms with Crippen molar-refractivity contribution in [2.75, 3.05) is 11.1 Å². The molecule has 5 N–H and O–H groups in total. The second-order valence-corrected chi connectivity index (χ2v) is 23.1. The maximum Gasteiger partial charge on any atom is 1.00 e. The second kappa shape index (κ2) is 25.1. The zero-order valence-corrected chi connectivity index (χ0v) is 45.5. The van der Waals surface area contributed by atoms with Gasteiger partial charge in [-0.05, 0) is 138 Å². The molecule has 14 nitrogen and oxygen atoms in total. The number of nitrogen functional groups attached to an aromatic ring is 1. The van der Waals surface area contributed by atoms with E-state index in [4.69, 9.17) is 23.3 Å². The molecule has 4 saturated carbocycles. The molecule has 4 aliphatic heterocycles. The number of rotatable bonds is 7. The van der Waals surface area contributed by atoms with Crippen LogP contribution in [-0.4, -0.2) is 100 Å². The minimum atomic E-state index is -3.11. The van der Waals surface area contributed by atoms with Gasteiger partial charge in [-0.1, -0.05) is 88.5 Å². The fourth-order valence-corrected chi connectivity index (χ4v) is 15.7. The van der Waals surface area contributed by atoms with Gasteiger partial charge in [0, 0.05) is 48.3 Å². The molecule has 0 spiro atoms. The zero-order chi connectivity index (χ0) is 48.7. The van der Waals surface area contributed by atoms with Gasteiger partial charge in [0.2, 0.25) is 0 Å². The Hall–Kier alpha value is -3.86. The van der Waals surface area contributed by atoms with Crippen LogP contribution in [-0.2, 0) is 10.6 Å². The Morgan fingerprint density at radius 3 is 1.57 bits per heavy atom. The predicted molar refractivity (Wildman–Crippen MR) is 281 cm³/mol. The van der Waals surface area contributed by atoms with Gasteiger partial charge in [-0.3, -0.25) is 14.6 Å². The van der Waals surface area contributed by atoms with Gasteiger partial charge >= 0.3 is 40.2 Å². The SMILES string of the molecule is Nc1ccccc1NC1C[C@H]2CCC[C@@H](C1)N2C1C[C@H]2CCCC[C@@H](C1)C2.O=Cc1cnc[nH]1.O=S(=O)=O.[H-].[Na+].c1ccc2c(c1)nc(-c1cnc[nH]1)n2C1C[C@H]2CCC[C@@H](C1)N2C1C[C@H]2CCCC[C@@H](C1)C2. The Bertz CT molecular complexity index is 2540. The number of hydrogen-bond acceptors (Lipinski definition) is 11. The third kappa shape index (κ3) is 12.8. The van der Waals surface area contributed by atoms with Crippen molar-refractivity contribution in [2.24, 2.45) is 23.7 Å². The summed E-state index contributed by atoms with van der Waals surface area (Å²) in [5.41, 5.74) is 12.2. The number of nitrogens with zero attached hydrogens (tertiary/aromatic N) is 6. The van der Waals surface area contributed by atoms with Crippen molar-refractivity contribution >= 4 is 39.3 Å². The van der Waals surface area contributed by atoms with E-state index in [1.807, 2.05) is 18.3 Å². The maximum absolute atomic E-state index is 9.80. The molecule has 8 bridgehead atoms. The molecule has 16 heteroatoms. The topological polar surface area (TPSA) is 188 Å². The molecule has 4 unspecified atom stereocenters. The van der Waals surface area contributed by atoms with Gasteiger partial charge in [0.25, 0.3) is 0 Å². The van der Waals surface area contributed by atoms with E-state index < -0.39 is 10.6 Å². The van der Waals surface area contributed by atoms with Crippen molar-refractivity contribution in [2.45, 2.75) is 202 Å². The van der Waals surface area contributed by atoms with E-state index >= 15 is 0 Å². The summed E-state index contributed by atoms with van der Waals surface area (Å²) in [6.07, 6.45) is 41.9. The largest absolute Gasteiger partial charge is 1.00 e. The smallest absolute Gasteiger partial charge is 1.00 e. The van der Waals surface area contributed by atoms with Gasteiger partial charge in [-0.15, -0.1) is 12.6 Å². The molecule has 8 fully saturated rings. The Balaban J connectivity index is 0.000000160. The number of anilines is 2. The van der Waals surface area contributed by atoms with Crippen molar-refractivity contribution in [1.82, 2.24) is 39.3 Å². The fourth-order valence-electron chi connectivity index (χ4n) is 15.7.